The maximum Gasteiger partial charge on any atom is 0.224 e. The summed E-state index contributed by atoms with van der Waals surface area (Å²) in [5, 5.41) is 5.76. The summed E-state index contributed by atoms with van der Waals surface area (Å²) in [6, 6.07) is 4.98. The molecule has 1 aromatic carbocycles. The lowest BCUT2D eigenvalue weighted by molar-refractivity contribution is -0.117. The van der Waals surface area contributed by atoms with Gasteiger partial charge in [-0.25, -0.2) is 0 Å². The molecule has 0 saturated heterocycles. The monoisotopic (exact) mass is 268 g/mol. The minimum Gasteiger partial charge on any atom is -0.326 e. The summed E-state index contributed by atoms with van der Waals surface area (Å²) < 4.78 is 0. The molecule has 0 bridgehead atoms. The van der Waals surface area contributed by atoms with Gasteiger partial charge in [0.1, 0.15) is 0 Å². The van der Waals surface area contributed by atoms with E-state index in [1.165, 1.54) is 6.92 Å². The minimum atomic E-state index is -0.187. The summed E-state index contributed by atoms with van der Waals surface area (Å²) in [5.74, 6) is 0.0703. The first kappa shape index (κ1) is 14.5. The van der Waals surface area contributed by atoms with Gasteiger partial charge in [-0.1, -0.05) is 25.4 Å². The average Bonchev–Trinajstić information content (AvgIpc) is 2.20. The Hall–Kier alpha value is -1.55. The Kier molecular flexibility index (Phi) is 5.16. The molecule has 0 spiro atoms. The lowest BCUT2D eigenvalue weighted by atomic mass is 10.1. The summed E-state index contributed by atoms with van der Waals surface area (Å²) in [7, 11) is 0. The first-order valence-corrected chi connectivity index (χ1v) is 6.13. The van der Waals surface area contributed by atoms with Crippen LogP contribution in [0, 0.1) is 5.92 Å². The number of nitrogens with one attached hydrogen (secondary N) is 2. The van der Waals surface area contributed by atoms with Crippen LogP contribution < -0.4 is 10.6 Å². The van der Waals surface area contributed by atoms with E-state index in [4.69, 9.17) is 11.6 Å². The van der Waals surface area contributed by atoms with Gasteiger partial charge in [0, 0.05) is 19.0 Å². The molecule has 2 N–H and O–H groups in total. The molecule has 18 heavy (non-hydrogen) atoms. The highest BCUT2D eigenvalue weighted by Gasteiger charge is 2.07. The summed E-state index contributed by atoms with van der Waals surface area (Å²) in [6.45, 7) is 5.37. The van der Waals surface area contributed by atoms with Crippen LogP contribution in [-0.4, -0.2) is 11.8 Å². The quantitative estimate of drug-likeness (QED) is 0.880. The van der Waals surface area contributed by atoms with Crippen molar-refractivity contribution in [2.45, 2.75) is 27.2 Å². The second-order valence-corrected chi connectivity index (χ2v) is 4.93. The van der Waals surface area contributed by atoms with Gasteiger partial charge in [0.05, 0.1) is 10.7 Å². The van der Waals surface area contributed by atoms with Gasteiger partial charge in [0.25, 0.3) is 0 Å². The van der Waals surface area contributed by atoms with Crippen LogP contribution in [-0.2, 0) is 9.59 Å². The molecule has 0 fully saturated rings. The van der Waals surface area contributed by atoms with Gasteiger partial charge in [0.2, 0.25) is 11.8 Å². The zero-order valence-corrected chi connectivity index (χ0v) is 11.5. The lowest BCUT2D eigenvalue weighted by Gasteiger charge is -2.10. The van der Waals surface area contributed by atoms with Crippen LogP contribution in [0.1, 0.15) is 27.2 Å². The molecule has 0 heterocycles. The van der Waals surface area contributed by atoms with Gasteiger partial charge in [0.15, 0.2) is 0 Å². The normalized spacial score (nSPS) is 10.3. The van der Waals surface area contributed by atoms with E-state index >= 15 is 0 Å². The number of amides is 2. The fraction of sp³-hybridized carbons (Fsp3) is 0.385. The molecule has 1 rings (SSSR count). The minimum absolute atomic E-state index is 0.0478. The van der Waals surface area contributed by atoms with E-state index in [9.17, 15) is 9.59 Å². The van der Waals surface area contributed by atoms with Gasteiger partial charge >= 0.3 is 0 Å². The molecule has 1 aromatic rings. The SMILES string of the molecule is CC(=O)Nc1ccc(NC(=O)CC(C)C)cc1Cl. The molecule has 0 aliphatic carbocycles. The summed E-state index contributed by atoms with van der Waals surface area (Å²) in [6.07, 6.45) is 0.463. The number of halogens is 1. The first-order valence-electron chi connectivity index (χ1n) is 5.75. The number of benzene rings is 1. The number of carbonyl (C=O) groups is 2. The molecule has 0 unspecified atom stereocenters. The fourth-order valence-corrected chi connectivity index (χ4v) is 1.69. The first-order chi connectivity index (χ1) is 8.38. The molecular weight excluding hydrogens is 252 g/mol. The molecular formula is C13H17ClN2O2. The third kappa shape index (κ3) is 4.75. The zero-order valence-electron chi connectivity index (χ0n) is 10.7. The third-order valence-corrected chi connectivity index (χ3v) is 2.47. The second kappa shape index (κ2) is 6.40. The van der Waals surface area contributed by atoms with Crippen LogP contribution in [0.15, 0.2) is 18.2 Å². The lowest BCUT2D eigenvalue weighted by Crippen LogP contribution is -2.14. The maximum atomic E-state index is 11.6. The largest absolute Gasteiger partial charge is 0.326 e. The highest BCUT2D eigenvalue weighted by molar-refractivity contribution is 6.34. The van der Waals surface area contributed by atoms with E-state index in [2.05, 4.69) is 10.6 Å². The molecule has 0 saturated carbocycles. The summed E-state index contributed by atoms with van der Waals surface area (Å²) in [5.41, 5.74) is 1.16. The number of rotatable bonds is 4. The highest BCUT2D eigenvalue weighted by atomic mass is 35.5. The Labute approximate surface area is 112 Å². The van der Waals surface area contributed by atoms with Crippen LogP contribution in [0.3, 0.4) is 0 Å². The standard InChI is InChI=1S/C13H17ClN2O2/c1-8(2)6-13(18)16-10-4-5-12(11(14)7-10)15-9(3)17/h4-5,7-8H,6H2,1-3H3,(H,15,17)(H,16,18). The molecule has 2 amide bonds. The van der Waals surface area contributed by atoms with E-state index in [1.54, 1.807) is 18.2 Å². The number of carbonyl (C=O) groups excluding carboxylic acids is 2. The molecule has 0 radical (unpaired) electrons. The molecule has 4 nitrogen and oxygen atoms in total. The van der Waals surface area contributed by atoms with Crippen LogP contribution in [0.2, 0.25) is 5.02 Å². The van der Waals surface area contributed by atoms with Crippen molar-refractivity contribution in [3.05, 3.63) is 23.2 Å². The summed E-state index contributed by atoms with van der Waals surface area (Å²) in [4.78, 5) is 22.5. The van der Waals surface area contributed by atoms with Crippen LogP contribution in [0.5, 0.6) is 0 Å². The van der Waals surface area contributed by atoms with E-state index in [0.29, 0.717) is 28.7 Å². The van der Waals surface area contributed by atoms with Crippen LogP contribution >= 0.6 is 11.6 Å². The van der Waals surface area contributed by atoms with E-state index in [-0.39, 0.29) is 11.8 Å². The molecule has 98 valence electrons. The topological polar surface area (TPSA) is 58.2 Å². The van der Waals surface area contributed by atoms with Crippen LogP contribution in [0.4, 0.5) is 11.4 Å². The Bertz CT molecular complexity index is 458. The Morgan fingerprint density at radius 1 is 1.28 bits per heavy atom. The maximum absolute atomic E-state index is 11.6. The predicted molar refractivity (Wildman–Crippen MR) is 73.8 cm³/mol. The molecule has 0 aromatic heterocycles. The van der Waals surface area contributed by atoms with Crippen molar-refractivity contribution in [3.63, 3.8) is 0 Å². The average molecular weight is 269 g/mol. The van der Waals surface area contributed by atoms with Crippen molar-refractivity contribution in [1.29, 1.82) is 0 Å². The smallest absolute Gasteiger partial charge is 0.224 e. The second-order valence-electron chi connectivity index (χ2n) is 4.52. The molecule has 0 aliphatic rings. The summed E-state index contributed by atoms with van der Waals surface area (Å²) >= 11 is 6.00. The number of anilines is 2. The van der Waals surface area contributed by atoms with Gasteiger partial charge < -0.3 is 10.6 Å². The van der Waals surface area contributed by atoms with Crippen molar-refractivity contribution < 1.29 is 9.59 Å². The Morgan fingerprint density at radius 2 is 1.94 bits per heavy atom. The van der Waals surface area contributed by atoms with Crippen molar-refractivity contribution in [2.75, 3.05) is 10.6 Å². The number of hydrogen-bond acceptors (Lipinski definition) is 2. The van der Waals surface area contributed by atoms with Gasteiger partial charge in [-0.2, -0.15) is 0 Å². The van der Waals surface area contributed by atoms with E-state index in [0.717, 1.165) is 0 Å². The third-order valence-electron chi connectivity index (χ3n) is 2.16. The Balaban J connectivity index is 2.72. The van der Waals surface area contributed by atoms with Crippen molar-refractivity contribution in [1.82, 2.24) is 0 Å². The van der Waals surface area contributed by atoms with E-state index in [1.807, 2.05) is 13.8 Å². The van der Waals surface area contributed by atoms with Gasteiger partial charge in [-0.15, -0.1) is 0 Å². The molecule has 0 aliphatic heterocycles. The van der Waals surface area contributed by atoms with Crippen molar-refractivity contribution >= 4 is 34.8 Å². The van der Waals surface area contributed by atoms with Gasteiger partial charge in [-0.3, -0.25) is 9.59 Å². The zero-order chi connectivity index (χ0) is 13.7. The molecule has 0 atom stereocenters. The van der Waals surface area contributed by atoms with E-state index < -0.39 is 0 Å². The van der Waals surface area contributed by atoms with Gasteiger partial charge in [-0.05, 0) is 24.1 Å². The Morgan fingerprint density at radius 3 is 2.44 bits per heavy atom. The molecule has 5 heteroatoms. The highest BCUT2D eigenvalue weighted by Crippen LogP contribution is 2.25. The fourth-order valence-electron chi connectivity index (χ4n) is 1.47. The van der Waals surface area contributed by atoms with Crippen molar-refractivity contribution in [3.8, 4) is 0 Å². The van der Waals surface area contributed by atoms with Crippen molar-refractivity contribution in [2.24, 2.45) is 5.92 Å². The van der Waals surface area contributed by atoms with Crippen LogP contribution in [0.25, 0.3) is 0 Å². The predicted octanol–water partition coefficient (Wildman–Crippen LogP) is 3.28. The number of hydrogen-bond donors (Lipinski definition) is 2.